The van der Waals surface area contributed by atoms with Gasteiger partial charge in [0.15, 0.2) is 0 Å². The molecule has 0 bridgehead atoms. The van der Waals surface area contributed by atoms with Gasteiger partial charge in [-0.2, -0.15) is 0 Å². The zero-order valence-electron chi connectivity index (χ0n) is 27.7. The van der Waals surface area contributed by atoms with E-state index < -0.39 is 0 Å². The van der Waals surface area contributed by atoms with Gasteiger partial charge in [-0.15, -0.1) is 0 Å². The van der Waals surface area contributed by atoms with Crippen molar-refractivity contribution < 1.29 is 1.43 Å². The van der Waals surface area contributed by atoms with Crippen LogP contribution in [-0.2, 0) is 23.7 Å². The highest BCUT2D eigenvalue weighted by atomic mass is 79.9. The van der Waals surface area contributed by atoms with Crippen LogP contribution in [0.1, 0.15) is 48.7 Å². The number of alkyl halides is 1. The highest BCUT2D eigenvalue weighted by molar-refractivity contribution is 9.09. The van der Waals surface area contributed by atoms with E-state index in [4.69, 9.17) is 0 Å². The molecule has 1 N–H and O–H groups in total. The molecule has 2 nitrogen and oxygen atoms in total. The molecule has 238 valence electrons. The van der Waals surface area contributed by atoms with Crippen LogP contribution in [0.4, 0.5) is 0 Å². The number of benzene rings is 4. The number of aryl methyl sites for hydroxylation is 3. The van der Waals surface area contributed by atoms with E-state index in [1.807, 2.05) is 6.07 Å². The molecule has 2 aliphatic carbocycles. The van der Waals surface area contributed by atoms with Crippen LogP contribution in [0.5, 0.6) is 0 Å². The molecular formula is C42H53BrN2. The van der Waals surface area contributed by atoms with E-state index in [2.05, 4.69) is 157 Å². The maximum atomic E-state index is 3.46. The summed E-state index contributed by atoms with van der Waals surface area (Å²) >= 11 is 3.39. The maximum absolute atomic E-state index is 3.46. The van der Waals surface area contributed by atoms with Crippen molar-refractivity contribution in [1.29, 1.82) is 0 Å². The lowest BCUT2D eigenvalue weighted by Crippen LogP contribution is -2.30. The minimum atomic E-state index is 0. The molecule has 2 aliphatic heterocycles. The third kappa shape index (κ3) is 7.02. The van der Waals surface area contributed by atoms with E-state index in [1.165, 1.54) is 61.4 Å². The molecule has 2 heterocycles. The Morgan fingerprint density at radius 3 is 1.58 bits per heavy atom. The minimum Gasteiger partial charge on any atom is -0.316 e. The lowest BCUT2D eigenvalue weighted by Gasteiger charge is -2.24. The topological polar surface area (TPSA) is 15.3 Å². The number of rotatable bonds is 7. The third-order valence-corrected chi connectivity index (χ3v) is 11.9. The van der Waals surface area contributed by atoms with Crippen LogP contribution in [0.15, 0.2) is 109 Å². The van der Waals surface area contributed by atoms with Crippen molar-refractivity contribution in [2.45, 2.75) is 51.4 Å². The summed E-state index contributed by atoms with van der Waals surface area (Å²) in [5.41, 5.74) is 9.68. The average Bonchev–Trinajstić information content (AvgIpc) is 3.53. The SMILES string of the molecule is BrCCc1ccccc1.Cc1cccc(C2(C)C3CN(CCc4ccccc4)CC32)c1.Cc1cccc(C2(C)C3CNCC32)c1.[HH]. The van der Waals surface area contributed by atoms with Gasteiger partial charge in [0.25, 0.3) is 0 Å². The summed E-state index contributed by atoms with van der Waals surface area (Å²) < 4.78 is 0. The third-order valence-electron chi connectivity index (χ3n) is 11.5. The fourth-order valence-corrected chi connectivity index (χ4v) is 8.91. The monoisotopic (exact) mass is 664 g/mol. The molecular weight excluding hydrogens is 612 g/mol. The standard InChI is InChI=1S/C21H25N.C13H17N.C8H9Br.H2/c1-16-7-6-10-18(13-16)21(2)19-14-22(15-20(19)21)12-11-17-8-4-3-5-9-17;1-9-4-3-5-10(6-9)13(2)11-7-14-8-12(11)13;9-7-6-8-4-2-1-3-5-8;/h3-10,13,19-20H,11-12,14-15H2,1-2H3;3-6,11-12,14H,7-8H2,1-2H3;1-5H,6-7H2;1H. The molecule has 3 heteroatoms. The van der Waals surface area contributed by atoms with Gasteiger partial charge >= 0.3 is 0 Å². The highest BCUT2D eigenvalue weighted by Gasteiger charge is 2.65. The lowest BCUT2D eigenvalue weighted by atomic mass is 9.91. The molecule has 0 spiro atoms. The Morgan fingerprint density at radius 1 is 0.644 bits per heavy atom. The molecule has 4 atom stereocenters. The van der Waals surface area contributed by atoms with Gasteiger partial charge < -0.3 is 10.2 Å². The van der Waals surface area contributed by atoms with Crippen molar-refractivity contribution in [3.8, 4) is 0 Å². The molecule has 45 heavy (non-hydrogen) atoms. The summed E-state index contributed by atoms with van der Waals surface area (Å²) in [7, 11) is 0. The molecule has 4 fully saturated rings. The number of likely N-dealkylation sites (tertiary alicyclic amines) is 1. The first-order valence-corrected chi connectivity index (χ1v) is 18.2. The first-order chi connectivity index (χ1) is 21.8. The smallest absolute Gasteiger partial charge is 0.00718 e. The summed E-state index contributed by atoms with van der Waals surface area (Å²) in [6, 6.07) is 39.5. The summed E-state index contributed by atoms with van der Waals surface area (Å²) in [5.74, 6) is 3.52. The number of piperidine rings is 2. The van der Waals surface area contributed by atoms with E-state index in [9.17, 15) is 0 Å². The number of hydrogen-bond donors (Lipinski definition) is 1. The van der Waals surface area contributed by atoms with Crippen LogP contribution in [0.3, 0.4) is 0 Å². The van der Waals surface area contributed by atoms with Gasteiger partial charge in [0.2, 0.25) is 0 Å². The zero-order valence-corrected chi connectivity index (χ0v) is 29.3. The first kappa shape index (κ1) is 32.2. The Balaban J connectivity index is 0.000000149. The number of nitrogens with zero attached hydrogens (tertiary/aromatic N) is 1. The van der Waals surface area contributed by atoms with Crippen LogP contribution in [0, 0.1) is 37.5 Å². The van der Waals surface area contributed by atoms with Crippen LogP contribution in [0.2, 0.25) is 0 Å². The minimum absolute atomic E-state index is 0. The number of hydrogen-bond acceptors (Lipinski definition) is 2. The highest BCUT2D eigenvalue weighted by Crippen LogP contribution is 2.63. The predicted molar refractivity (Wildman–Crippen MR) is 197 cm³/mol. The second kappa shape index (κ2) is 14.0. The molecule has 4 aliphatic rings. The van der Waals surface area contributed by atoms with Gasteiger partial charge in [-0.25, -0.2) is 0 Å². The predicted octanol–water partition coefficient (Wildman–Crippen LogP) is 9.03. The molecule has 0 aromatic heterocycles. The number of fused-ring (bicyclic) bond motifs is 2. The molecule has 2 saturated carbocycles. The molecule has 0 amide bonds. The first-order valence-electron chi connectivity index (χ1n) is 17.0. The fraction of sp³-hybridized carbons (Fsp3) is 0.429. The molecule has 2 saturated heterocycles. The fourth-order valence-electron chi connectivity index (χ4n) is 8.45. The van der Waals surface area contributed by atoms with Crippen LogP contribution in [0.25, 0.3) is 0 Å². The second-order valence-electron chi connectivity index (χ2n) is 14.3. The van der Waals surface area contributed by atoms with E-state index in [1.54, 1.807) is 11.1 Å². The number of nitrogens with one attached hydrogen (secondary N) is 1. The summed E-state index contributed by atoms with van der Waals surface area (Å²) in [5, 5.41) is 4.51. The Hall–Kier alpha value is -2.72. The van der Waals surface area contributed by atoms with Crippen molar-refractivity contribution in [3.63, 3.8) is 0 Å². The van der Waals surface area contributed by atoms with Crippen molar-refractivity contribution in [1.82, 2.24) is 10.2 Å². The quantitative estimate of drug-likeness (QED) is 0.198. The van der Waals surface area contributed by atoms with Gasteiger partial charge in [0, 0.05) is 37.2 Å². The second-order valence-corrected chi connectivity index (χ2v) is 15.1. The van der Waals surface area contributed by atoms with E-state index in [0.717, 1.165) is 35.4 Å². The van der Waals surface area contributed by atoms with E-state index >= 15 is 0 Å². The zero-order chi connectivity index (χ0) is 31.4. The molecule has 0 radical (unpaired) electrons. The maximum Gasteiger partial charge on any atom is 0.00718 e. The molecule has 8 rings (SSSR count). The largest absolute Gasteiger partial charge is 0.316 e. The van der Waals surface area contributed by atoms with Crippen molar-refractivity contribution in [2.24, 2.45) is 23.7 Å². The van der Waals surface area contributed by atoms with Gasteiger partial charge in [0.05, 0.1) is 0 Å². The Morgan fingerprint density at radius 2 is 1.11 bits per heavy atom. The Bertz CT molecular complexity index is 1520. The van der Waals surface area contributed by atoms with Gasteiger partial charge in [-0.3, -0.25) is 0 Å². The average molecular weight is 666 g/mol. The van der Waals surface area contributed by atoms with Crippen molar-refractivity contribution in [2.75, 3.05) is 38.1 Å². The Labute approximate surface area is 282 Å². The summed E-state index contributed by atoms with van der Waals surface area (Å²) in [4.78, 5) is 2.67. The van der Waals surface area contributed by atoms with Crippen molar-refractivity contribution >= 4 is 15.9 Å². The van der Waals surface area contributed by atoms with Gasteiger partial charge in [0.1, 0.15) is 0 Å². The Kier molecular flexibility index (Phi) is 9.99. The molecule has 4 unspecified atom stereocenters. The lowest BCUT2D eigenvalue weighted by molar-refractivity contribution is 0.281. The molecule has 4 aromatic carbocycles. The van der Waals surface area contributed by atoms with E-state index in [-0.39, 0.29) is 1.43 Å². The van der Waals surface area contributed by atoms with Crippen LogP contribution in [-0.4, -0.2) is 43.0 Å². The summed E-state index contributed by atoms with van der Waals surface area (Å²) in [6.07, 6.45) is 2.31. The molecule has 4 aromatic rings. The van der Waals surface area contributed by atoms with Gasteiger partial charge in [-0.1, -0.05) is 150 Å². The van der Waals surface area contributed by atoms with E-state index in [0.29, 0.717) is 10.8 Å². The summed E-state index contributed by atoms with van der Waals surface area (Å²) in [6.45, 7) is 15.5. The van der Waals surface area contributed by atoms with Crippen LogP contribution >= 0.6 is 15.9 Å². The number of halogens is 1. The normalized spacial score (nSPS) is 29.0. The van der Waals surface area contributed by atoms with Gasteiger partial charge in [-0.05, 0) is 85.7 Å². The van der Waals surface area contributed by atoms with Crippen LogP contribution < -0.4 is 5.32 Å². The van der Waals surface area contributed by atoms with Crippen molar-refractivity contribution in [3.05, 3.63) is 143 Å².